The molecular weight excluding hydrogens is 302 g/mol. The van der Waals surface area contributed by atoms with Crippen molar-refractivity contribution >= 4 is 21.8 Å². The van der Waals surface area contributed by atoms with Crippen LogP contribution in [0.2, 0.25) is 0 Å². The fraction of sp³-hybridized carbons (Fsp3) is 0.562. The fourth-order valence-electron chi connectivity index (χ4n) is 3.11. The van der Waals surface area contributed by atoms with Gasteiger partial charge in [-0.25, -0.2) is 0 Å². The zero-order valence-electron chi connectivity index (χ0n) is 11.1. The minimum atomic E-state index is 0.330. The minimum Gasteiger partial charge on any atom is -0.336 e. The van der Waals surface area contributed by atoms with Crippen molar-refractivity contribution in [2.75, 3.05) is 0 Å². The number of carbonyl (C=O) groups is 1. The standard InChI is InChI=1S/C16H20BrNO/c17-13-7-5-12(6-8-13)11-16(19)18(15-9-10-15)14-3-1-2-4-14/h5-8,14-15H,1-4,9-11H2. The average molecular weight is 322 g/mol. The Kier molecular flexibility index (Phi) is 3.92. The minimum absolute atomic E-state index is 0.330. The maximum absolute atomic E-state index is 12.6. The number of hydrogen-bond acceptors (Lipinski definition) is 1. The molecular formula is C16H20BrNO. The Hall–Kier alpha value is -0.830. The van der Waals surface area contributed by atoms with Gasteiger partial charge in [-0.3, -0.25) is 4.79 Å². The van der Waals surface area contributed by atoms with E-state index in [1.54, 1.807) is 0 Å². The maximum atomic E-state index is 12.6. The number of halogens is 1. The Morgan fingerprint density at radius 2 is 1.63 bits per heavy atom. The predicted octanol–water partition coefficient (Wildman–Crippen LogP) is 3.93. The van der Waals surface area contributed by atoms with Crippen LogP contribution in [0.15, 0.2) is 28.7 Å². The maximum Gasteiger partial charge on any atom is 0.227 e. The highest BCUT2D eigenvalue weighted by Crippen LogP contribution is 2.34. The second-order valence-corrected chi connectivity index (χ2v) is 6.69. The van der Waals surface area contributed by atoms with E-state index in [-0.39, 0.29) is 0 Å². The molecule has 2 nitrogen and oxygen atoms in total. The van der Waals surface area contributed by atoms with Gasteiger partial charge in [-0.1, -0.05) is 40.9 Å². The van der Waals surface area contributed by atoms with Gasteiger partial charge >= 0.3 is 0 Å². The summed E-state index contributed by atoms with van der Waals surface area (Å²) in [7, 11) is 0. The van der Waals surface area contributed by atoms with Gasteiger partial charge in [-0.2, -0.15) is 0 Å². The molecule has 102 valence electrons. The number of amides is 1. The molecule has 3 rings (SSSR count). The van der Waals surface area contributed by atoms with Gasteiger partial charge in [0.1, 0.15) is 0 Å². The zero-order chi connectivity index (χ0) is 13.2. The first-order valence-corrected chi connectivity index (χ1v) is 8.09. The van der Waals surface area contributed by atoms with Gasteiger partial charge in [-0.05, 0) is 43.4 Å². The van der Waals surface area contributed by atoms with E-state index in [9.17, 15) is 4.79 Å². The first kappa shape index (κ1) is 13.2. The summed E-state index contributed by atoms with van der Waals surface area (Å²) in [6.07, 6.45) is 7.98. The highest BCUT2D eigenvalue weighted by atomic mass is 79.9. The van der Waals surface area contributed by atoms with Crippen molar-refractivity contribution in [3.05, 3.63) is 34.3 Å². The van der Waals surface area contributed by atoms with E-state index in [0.717, 1.165) is 10.0 Å². The lowest BCUT2D eigenvalue weighted by Gasteiger charge is -2.29. The summed E-state index contributed by atoms with van der Waals surface area (Å²) in [5.41, 5.74) is 1.12. The van der Waals surface area contributed by atoms with Crippen molar-refractivity contribution in [2.24, 2.45) is 0 Å². The number of benzene rings is 1. The highest BCUT2D eigenvalue weighted by molar-refractivity contribution is 9.10. The van der Waals surface area contributed by atoms with Crippen LogP contribution in [0.4, 0.5) is 0 Å². The van der Waals surface area contributed by atoms with Crippen LogP contribution in [0.25, 0.3) is 0 Å². The third kappa shape index (κ3) is 3.19. The fourth-order valence-corrected chi connectivity index (χ4v) is 3.37. The van der Waals surface area contributed by atoms with Crippen LogP contribution in [0.5, 0.6) is 0 Å². The normalized spacial score (nSPS) is 19.6. The average Bonchev–Trinajstić information content (AvgIpc) is 3.07. The van der Waals surface area contributed by atoms with E-state index in [1.165, 1.54) is 38.5 Å². The molecule has 3 heteroatoms. The van der Waals surface area contributed by atoms with Crippen molar-refractivity contribution in [1.82, 2.24) is 4.90 Å². The molecule has 2 saturated carbocycles. The molecule has 2 fully saturated rings. The lowest BCUT2D eigenvalue weighted by molar-refractivity contribution is -0.133. The topological polar surface area (TPSA) is 20.3 Å². The van der Waals surface area contributed by atoms with Crippen molar-refractivity contribution < 1.29 is 4.79 Å². The Labute approximate surface area is 123 Å². The van der Waals surface area contributed by atoms with Gasteiger partial charge in [-0.15, -0.1) is 0 Å². The molecule has 1 aromatic carbocycles. The van der Waals surface area contributed by atoms with Gasteiger partial charge in [0.15, 0.2) is 0 Å². The van der Waals surface area contributed by atoms with Crippen LogP contribution in [0.3, 0.4) is 0 Å². The van der Waals surface area contributed by atoms with Crippen LogP contribution >= 0.6 is 15.9 Å². The molecule has 0 saturated heterocycles. The summed E-state index contributed by atoms with van der Waals surface area (Å²) in [6.45, 7) is 0. The summed E-state index contributed by atoms with van der Waals surface area (Å²) in [5.74, 6) is 0.330. The summed E-state index contributed by atoms with van der Waals surface area (Å²) in [5, 5.41) is 0. The van der Waals surface area contributed by atoms with Crippen molar-refractivity contribution in [3.63, 3.8) is 0 Å². The van der Waals surface area contributed by atoms with Gasteiger partial charge in [0.2, 0.25) is 5.91 Å². The summed E-state index contributed by atoms with van der Waals surface area (Å²) < 4.78 is 1.07. The third-order valence-corrected chi connectivity index (χ3v) is 4.74. The molecule has 0 N–H and O–H groups in total. The molecule has 0 aliphatic heterocycles. The summed E-state index contributed by atoms with van der Waals surface area (Å²) >= 11 is 3.43. The smallest absolute Gasteiger partial charge is 0.227 e. The molecule has 0 radical (unpaired) electrons. The molecule has 0 atom stereocenters. The molecule has 1 aromatic rings. The second-order valence-electron chi connectivity index (χ2n) is 5.77. The van der Waals surface area contributed by atoms with Gasteiger partial charge in [0.25, 0.3) is 0 Å². The van der Waals surface area contributed by atoms with Crippen LogP contribution in [-0.2, 0) is 11.2 Å². The molecule has 2 aliphatic carbocycles. The van der Waals surface area contributed by atoms with Gasteiger partial charge in [0, 0.05) is 16.6 Å². The van der Waals surface area contributed by atoms with Crippen molar-refractivity contribution in [3.8, 4) is 0 Å². The quantitative estimate of drug-likeness (QED) is 0.823. The molecule has 19 heavy (non-hydrogen) atoms. The van der Waals surface area contributed by atoms with Gasteiger partial charge in [0.05, 0.1) is 6.42 Å². The highest BCUT2D eigenvalue weighted by Gasteiger charge is 2.37. The first-order valence-electron chi connectivity index (χ1n) is 7.29. The number of hydrogen-bond donors (Lipinski definition) is 0. The molecule has 0 bridgehead atoms. The molecule has 2 aliphatic rings. The van der Waals surface area contributed by atoms with E-state index >= 15 is 0 Å². The number of rotatable bonds is 4. The van der Waals surface area contributed by atoms with E-state index in [4.69, 9.17) is 0 Å². The van der Waals surface area contributed by atoms with E-state index in [1.807, 2.05) is 24.3 Å². The Morgan fingerprint density at radius 3 is 2.21 bits per heavy atom. The van der Waals surface area contributed by atoms with Crippen LogP contribution in [-0.4, -0.2) is 22.9 Å². The zero-order valence-corrected chi connectivity index (χ0v) is 12.7. The molecule has 1 amide bonds. The first-order chi connectivity index (χ1) is 9.24. The number of nitrogens with zero attached hydrogens (tertiary/aromatic N) is 1. The lowest BCUT2D eigenvalue weighted by atomic mass is 10.1. The molecule has 0 unspecified atom stereocenters. The SMILES string of the molecule is O=C(Cc1ccc(Br)cc1)N(C1CCCC1)C1CC1. The Balaban J connectivity index is 1.68. The largest absolute Gasteiger partial charge is 0.336 e. The predicted molar refractivity (Wildman–Crippen MR) is 80.0 cm³/mol. The Morgan fingerprint density at radius 1 is 1.05 bits per heavy atom. The third-order valence-electron chi connectivity index (χ3n) is 4.21. The summed E-state index contributed by atoms with van der Waals surface area (Å²) in [6, 6.07) is 9.18. The monoisotopic (exact) mass is 321 g/mol. The van der Waals surface area contributed by atoms with Crippen LogP contribution in [0, 0.1) is 0 Å². The van der Waals surface area contributed by atoms with Gasteiger partial charge < -0.3 is 4.90 Å². The van der Waals surface area contributed by atoms with Crippen LogP contribution in [0.1, 0.15) is 44.1 Å². The van der Waals surface area contributed by atoms with E-state index in [2.05, 4.69) is 20.8 Å². The van der Waals surface area contributed by atoms with E-state index in [0.29, 0.717) is 24.4 Å². The van der Waals surface area contributed by atoms with Crippen molar-refractivity contribution in [1.29, 1.82) is 0 Å². The summed E-state index contributed by atoms with van der Waals surface area (Å²) in [4.78, 5) is 14.8. The second kappa shape index (κ2) is 5.66. The van der Waals surface area contributed by atoms with E-state index < -0.39 is 0 Å². The molecule has 0 heterocycles. The lowest BCUT2D eigenvalue weighted by Crippen LogP contribution is -2.41. The molecule has 0 spiro atoms. The van der Waals surface area contributed by atoms with Crippen molar-refractivity contribution in [2.45, 2.75) is 57.0 Å². The Bertz CT molecular complexity index is 446. The number of carbonyl (C=O) groups excluding carboxylic acids is 1. The van der Waals surface area contributed by atoms with Crippen LogP contribution < -0.4 is 0 Å². The molecule has 0 aromatic heterocycles.